The first-order valence-corrected chi connectivity index (χ1v) is 10.7. The number of amides is 3. The molecule has 8 nitrogen and oxygen atoms in total. The minimum Gasteiger partial charge on any atom is -0.322 e. The molecule has 0 bridgehead atoms. The van der Waals surface area contributed by atoms with Crippen molar-refractivity contribution in [1.82, 2.24) is 10.2 Å². The number of aromatic nitrogens is 2. The van der Waals surface area contributed by atoms with Gasteiger partial charge < -0.3 is 16.0 Å². The molecule has 34 heavy (non-hydrogen) atoms. The topological polar surface area (TPSA) is 116 Å². The van der Waals surface area contributed by atoms with E-state index in [0.29, 0.717) is 16.9 Å². The average molecular weight is 494 g/mol. The number of hydrogen-bond acceptors (Lipinski definition) is 4. The Balaban J connectivity index is 1.42. The van der Waals surface area contributed by atoms with Crippen molar-refractivity contribution in [3.05, 3.63) is 106 Å². The van der Waals surface area contributed by atoms with Gasteiger partial charge in [-0.05, 0) is 48.5 Å². The third kappa shape index (κ3) is 5.25. The highest BCUT2D eigenvalue weighted by Crippen LogP contribution is 2.26. The summed E-state index contributed by atoms with van der Waals surface area (Å²) >= 11 is 12.2. The summed E-state index contributed by atoms with van der Waals surface area (Å²) in [6, 6.07) is 20.1. The third-order valence-corrected chi connectivity index (χ3v) is 5.37. The van der Waals surface area contributed by atoms with Crippen molar-refractivity contribution in [2.24, 2.45) is 0 Å². The van der Waals surface area contributed by atoms with Crippen LogP contribution in [0.4, 0.5) is 17.1 Å². The van der Waals surface area contributed by atoms with Gasteiger partial charge in [0.1, 0.15) is 5.69 Å². The highest BCUT2D eigenvalue weighted by Gasteiger charge is 2.20. The number of aromatic amines is 1. The molecule has 4 rings (SSSR count). The van der Waals surface area contributed by atoms with Gasteiger partial charge in [0.15, 0.2) is 0 Å². The molecule has 1 aromatic heterocycles. The molecule has 0 aliphatic heterocycles. The minimum absolute atomic E-state index is 0.0300. The van der Waals surface area contributed by atoms with Gasteiger partial charge in [-0.25, -0.2) is 0 Å². The number of hydrogen-bond donors (Lipinski definition) is 4. The monoisotopic (exact) mass is 493 g/mol. The molecule has 0 spiro atoms. The first-order chi connectivity index (χ1) is 16.4. The molecular formula is C24H17Cl2N5O3. The fourth-order valence-corrected chi connectivity index (χ4v) is 3.65. The summed E-state index contributed by atoms with van der Waals surface area (Å²) < 4.78 is 0. The molecular weight excluding hydrogens is 477 g/mol. The van der Waals surface area contributed by atoms with Crippen LogP contribution in [0.1, 0.15) is 31.2 Å². The summed E-state index contributed by atoms with van der Waals surface area (Å²) in [5, 5.41) is 14.8. The Labute approximate surface area is 204 Å². The molecule has 0 aliphatic rings. The number of halogens is 2. The van der Waals surface area contributed by atoms with Gasteiger partial charge in [-0.1, -0.05) is 47.5 Å². The Morgan fingerprint density at radius 1 is 0.676 bits per heavy atom. The fraction of sp³-hybridized carbons (Fsp3) is 0. The van der Waals surface area contributed by atoms with E-state index in [9.17, 15) is 14.4 Å². The molecule has 10 heteroatoms. The van der Waals surface area contributed by atoms with Gasteiger partial charge in [-0.2, -0.15) is 5.10 Å². The number of nitrogens with one attached hydrogen (secondary N) is 4. The Hall–Kier alpha value is -4.14. The number of anilines is 3. The van der Waals surface area contributed by atoms with Crippen molar-refractivity contribution in [1.29, 1.82) is 0 Å². The highest BCUT2D eigenvalue weighted by atomic mass is 35.5. The Kier molecular flexibility index (Phi) is 6.91. The second kappa shape index (κ2) is 10.2. The number of rotatable bonds is 6. The lowest BCUT2D eigenvalue weighted by molar-refractivity contribution is 0.101. The minimum atomic E-state index is -0.583. The van der Waals surface area contributed by atoms with Crippen LogP contribution in [-0.2, 0) is 0 Å². The van der Waals surface area contributed by atoms with E-state index in [2.05, 4.69) is 26.1 Å². The van der Waals surface area contributed by atoms with Crippen LogP contribution in [0.2, 0.25) is 10.0 Å². The zero-order valence-electron chi connectivity index (χ0n) is 17.4. The molecule has 0 fully saturated rings. The van der Waals surface area contributed by atoms with Crippen molar-refractivity contribution in [2.75, 3.05) is 16.0 Å². The van der Waals surface area contributed by atoms with E-state index in [1.165, 1.54) is 18.3 Å². The van der Waals surface area contributed by atoms with Crippen LogP contribution in [0.3, 0.4) is 0 Å². The summed E-state index contributed by atoms with van der Waals surface area (Å²) in [4.78, 5) is 37.7. The van der Waals surface area contributed by atoms with Crippen molar-refractivity contribution in [3.63, 3.8) is 0 Å². The lowest BCUT2D eigenvalue weighted by Gasteiger charge is -2.10. The van der Waals surface area contributed by atoms with Gasteiger partial charge in [0.05, 0.1) is 27.5 Å². The van der Waals surface area contributed by atoms with Crippen LogP contribution in [0, 0.1) is 0 Å². The van der Waals surface area contributed by atoms with E-state index in [1.807, 2.05) is 18.2 Å². The van der Waals surface area contributed by atoms with E-state index in [4.69, 9.17) is 23.2 Å². The molecule has 0 unspecified atom stereocenters. The van der Waals surface area contributed by atoms with Crippen LogP contribution < -0.4 is 16.0 Å². The zero-order chi connectivity index (χ0) is 24.1. The summed E-state index contributed by atoms with van der Waals surface area (Å²) in [5.41, 5.74) is 1.81. The van der Waals surface area contributed by atoms with Crippen LogP contribution in [0.5, 0.6) is 0 Å². The predicted octanol–water partition coefficient (Wildman–Crippen LogP) is 5.47. The molecule has 3 aromatic carbocycles. The van der Waals surface area contributed by atoms with E-state index >= 15 is 0 Å². The molecule has 0 radical (unpaired) electrons. The summed E-state index contributed by atoms with van der Waals surface area (Å²) in [6.45, 7) is 0. The first kappa shape index (κ1) is 23.0. The molecule has 1 heterocycles. The van der Waals surface area contributed by atoms with Gasteiger partial charge in [0.25, 0.3) is 17.7 Å². The second-order valence-electron chi connectivity index (χ2n) is 7.06. The Morgan fingerprint density at radius 3 is 1.97 bits per heavy atom. The molecule has 0 aliphatic carbocycles. The maximum Gasteiger partial charge on any atom is 0.275 e. The lowest BCUT2D eigenvalue weighted by atomic mass is 10.2. The molecule has 0 atom stereocenters. The smallest absolute Gasteiger partial charge is 0.275 e. The van der Waals surface area contributed by atoms with Crippen molar-refractivity contribution < 1.29 is 14.4 Å². The fourth-order valence-electron chi connectivity index (χ4n) is 3.08. The second-order valence-corrected chi connectivity index (χ2v) is 7.88. The van der Waals surface area contributed by atoms with Gasteiger partial charge in [-0.3, -0.25) is 19.5 Å². The third-order valence-electron chi connectivity index (χ3n) is 4.74. The van der Waals surface area contributed by atoms with Gasteiger partial charge in [-0.15, -0.1) is 0 Å². The van der Waals surface area contributed by atoms with E-state index in [0.717, 1.165) is 0 Å². The molecule has 170 valence electrons. The number of benzene rings is 3. The standard InChI is InChI=1S/C24H17Cl2N5O3/c25-17-7-4-8-18(26)20(17)23(33)30-19-13-27-31-21(19)24(34)29-16-11-9-14(10-12-16)22(32)28-15-5-2-1-3-6-15/h1-13H,(H,27,31)(H,28,32)(H,29,34)(H,30,33). The van der Waals surface area contributed by atoms with Crippen molar-refractivity contribution in [3.8, 4) is 0 Å². The molecule has 0 saturated heterocycles. The van der Waals surface area contributed by atoms with E-state index < -0.39 is 11.8 Å². The van der Waals surface area contributed by atoms with Gasteiger partial charge in [0.2, 0.25) is 0 Å². The van der Waals surface area contributed by atoms with E-state index in [-0.39, 0.29) is 32.9 Å². The maximum absolute atomic E-state index is 12.7. The maximum atomic E-state index is 12.7. The Bertz CT molecular complexity index is 1330. The summed E-state index contributed by atoms with van der Waals surface area (Å²) in [7, 11) is 0. The van der Waals surface area contributed by atoms with Crippen LogP contribution in [0.25, 0.3) is 0 Å². The van der Waals surface area contributed by atoms with Gasteiger partial charge >= 0.3 is 0 Å². The van der Waals surface area contributed by atoms with Crippen molar-refractivity contribution in [2.45, 2.75) is 0 Å². The van der Waals surface area contributed by atoms with Crippen LogP contribution in [0.15, 0.2) is 79.0 Å². The van der Waals surface area contributed by atoms with E-state index in [1.54, 1.807) is 42.5 Å². The number of H-pyrrole nitrogens is 1. The molecule has 4 N–H and O–H groups in total. The summed E-state index contributed by atoms with van der Waals surface area (Å²) in [6.07, 6.45) is 1.30. The number of para-hydroxylation sites is 1. The predicted molar refractivity (Wildman–Crippen MR) is 132 cm³/mol. The largest absolute Gasteiger partial charge is 0.322 e. The average Bonchev–Trinajstić information content (AvgIpc) is 3.28. The quantitative estimate of drug-likeness (QED) is 0.284. The van der Waals surface area contributed by atoms with Gasteiger partial charge in [0, 0.05) is 16.9 Å². The Morgan fingerprint density at radius 2 is 1.29 bits per heavy atom. The number of carbonyl (C=O) groups excluding carboxylic acids is 3. The van der Waals surface area contributed by atoms with Crippen LogP contribution >= 0.6 is 23.2 Å². The van der Waals surface area contributed by atoms with Crippen molar-refractivity contribution >= 4 is 58.0 Å². The SMILES string of the molecule is O=C(Nc1ccccc1)c1ccc(NC(=O)c2[nH]ncc2NC(=O)c2c(Cl)cccc2Cl)cc1. The zero-order valence-corrected chi connectivity index (χ0v) is 18.9. The normalized spacial score (nSPS) is 10.4. The highest BCUT2D eigenvalue weighted by molar-refractivity contribution is 6.40. The first-order valence-electron chi connectivity index (χ1n) is 9.99. The molecule has 3 amide bonds. The van der Waals surface area contributed by atoms with Crippen LogP contribution in [-0.4, -0.2) is 27.9 Å². The molecule has 0 saturated carbocycles. The lowest BCUT2D eigenvalue weighted by Crippen LogP contribution is -2.18. The summed E-state index contributed by atoms with van der Waals surface area (Å²) in [5.74, 6) is -1.40. The number of carbonyl (C=O) groups is 3. The number of nitrogens with zero attached hydrogens (tertiary/aromatic N) is 1. The molecule has 4 aromatic rings.